The molecule has 1 aromatic carbocycles. The van der Waals surface area contributed by atoms with E-state index in [9.17, 15) is 0 Å². The summed E-state index contributed by atoms with van der Waals surface area (Å²) in [5, 5.41) is 14.7. The minimum absolute atomic E-state index is 0.464. The predicted molar refractivity (Wildman–Crippen MR) is 104 cm³/mol. The van der Waals surface area contributed by atoms with Crippen LogP contribution in [0, 0.1) is 6.92 Å². The molecule has 2 aromatic rings. The Balaban J connectivity index is 2.07. The second kappa shape index (κ2) is 10.0. The van der Waals surface area contributed by atoms with Crippen molar-refractivity contribution >= 4 is 5.96 Å². The summed E-state index contributed by atoms with van der Waals surface area (Å²) in [5.41, 5.74) is 1.00. The zero-order chi connectivity index (χ0) is 18.8. The lowest BCUT2D eigenvalue weighted by molar-refractivity contribution is 0.359. The van der Waals surface area contributed by atoms with Gasteiger partial charge in [0.25, 0.3) is 0 Å². The summed E-state index contributed by atoms with van der Waals surface area (Å²) < 4.78 is 7.62. The van der Waals surface area contributed by atoms with E-state index in [1.807, 2.05) is 42.8 Å². The van der Waals surface area contributed by atoms with Crippen molar-refractivity contribution < 1.29 is 4.74 Å². The van der Waals surface area contributed by atoms with Crippen molar-refractivity contribution in [2.45, 2.75) is 20.0 Å². The molecule has 138 valence electrons. The van der Waals surface area contributed by atoms with E-state index < -0.39 is 0 Å². The van der Waals surface area contributed by atoms with Crippen LogP contribution in [0.5, 0.6) is 5.75 Å². The first-order valence-corrected chi connectivity index (χ1v) is 8.45. The zero-order valence-electron chi connectivity index (χ0n) is 15.4. The molecule has 0 unspecified atom stereocenters. The van der Waals surface area contributed by atoms with Crippen LogP contribution in [0.25, 0.3) is 0 Å². The number of hydrogen-bond donors (Lipinski definition) is 2. The topological polar surface area (TPSA) is 76.4 Å². The Morgan fingerprint density at radius 2 is 2.04 bits per heavy atom. The van der Waals surface area contributed by atoms with E-state index in [0.29, 0.717) is 32.2 Å². The molecular weight excluding hydrogens is 328 g/mol. The third kappa shape index (κ3) is 5.47. The van der Waals surface area contributed by atoms with Gasteiger partial charge < -0.3 is 19.9 Å². The molecule has 0 atom stereocenters. The molecule has 2 rings (SSSR count). The van der Waals surface area contributed by atoms with E-state index in [4.69, 9.17) is 4.74 Å². The molecule has 0 amide bonds. The number of hydrogen-bond acceptors (Lipinski definition) is 4. The van der Waals surface area contributed by atoms with Gasteiger partial charge in [-0.25, -0.2) is 4.99 Å². The summed E-state index contributed by atoms with van der Waals surface area (Å²) in [6, 6.07) is 7.84. The Morgan fingerprint density at radius 3 is 2.73 bits per heavy atom. The van der Waals surface area contributed by atoms with E-state index in [1.54, 1.807) is 12.2 Å². The predicted octanol–water partition coefficient (Wildman–Crippen LogP) is 2.11. The summed E-state index contributed by atoms with van der Waals surface area (Å²) >= 11 is 0. The molecule has 1 heterocycles. The third-order valence-corrected chi connectivity index (χ3v) is 3.75. The van der Waals surface area contributed by atoms with Gasteiger partial charge in [0.2, 0.25) is 0 Å². The second-order valence-corrected chi connectivity index (χ2v) is 5.62. The second-order valence-electron chi connectivity index (χ2n) is 5.62. The maximum absolute atomic E-state index is 5.68. The quantitative estimate of drug-likeness (QED) is 0.410. The molecule has 2 N–H and O–H groups in total. The number of nitrogens with zero attached hydrogens (tertiary/aromatic N) is 4. The minimum Gasteiger partial charge on any atom is -0.489 e. The van der Waals surface area contributed by atoms with Crippen LogP contribution >= 0.6 is 0 Å². The van der Waals surface area contributed by atoms with E-state index >= 15 is 0 Å². The molecule has 7 nitrogen and oxygen atoms in total. The number of benzene rings is 1. The molecule has 0 radical (unpaired) electrons. The standard InChI is InChI=1S/C19H26N6O/c1-5-11-20-19(22-14-18-24-23-15(3)25(18)4)21-13-16-9-7-8-10-17(16)26-12-6-2/h5-10H,1-2,11-14H2,3-4H3,(H2,20,21,22). The van der Waals surface area contributed by atoms with Crippen molar-refractivity contribution in [1.82, 2.24) is 25.4 Å². The van der Waals surface area contributed by atoms with Crippen LogP contribution in [0.1, 0.15) is 17.2 Å². The highest BCUT2D eigenvalue weighted by Gasteiger charge is 2.07. The van der Waals surface area contributed by atoms with Crippen molar-refractivity contribution in [2.24, 2.45) is 12.0 Å². The Labute approximate surface area is 154 Å². The fourth-order valence-electron chi connectivity index (χ4n) is 2.20. The lowest BCUT2D eigenvalue weighted by Gasteiger charge is -2.12. The van der Waals surface area contributed by atoms with E-state index in [1.165, 1.54) is 0 Å². The first-order chi connectivity index (χ1) is 12.7. The van der Waals surface area contributed by atoms with Gasteiger partial charge in [-0.05, 0) is 13.0 Å². The van der Waals surface area contributed by atoms with Gasteiger partial charge in [0.1, 0.15) is 18.2 Å². The Kier molecular flexibility index (Phi) is 7.42. The molecule has 0 bridgehead atoms. The van der Waals surface area contributed by atoms with Gasteiger partial charge in [-0.1, -0.05) is 36.9 Å². The fraction of sp³-hybridized carbons (Fsp3) is 0.316. The summed E-state index contributed by atoms with van der Waals surface area (Å²) in [7, 11) is 1.94. The Hall–Kier alpha value is -3.09. The summed E-state index contributed by atoms with van der Waals surface area (Å²) in [6.07, 6.45) is 3.51. The SMILES string of the molecule is C=CCNC(=NCc1ccccc1OCC=C)NCc1nnc(C)n1C. The largest absolute Gasteiger partial charge is 0.489 e. The van der Waals surface area contributed by atoms with Gasteiger partial charge in [0, 0.05) is 19.2 Å². The van der Waals surface area contributed by atoms with Crippen LogP contribution in [0.15, 0.2) is 54.6 Å². The number of para-hydroxylation sites is 1. The van der Waals surface area contributed by atoms with Gasteiger partial charge in [-0.3, -0.25) is 0 Å². The lowest BCUT2D eigenvalue weighted by Crippen LogP contribution is -2.37. The number of guanidine groups is 1. The number of aryl methyl sites for hydroxylation is 1. The number of aromatic nitrogens is 3. The first-order valence-electron chi connectivity index (χ1n) is 8.45. The molecule has 0 saturated heterocycles. The summed E-state index contributed by atoms with van der Waals surface area (Å²) in [6.45, 7) is 11.4. The van der Waals surface area contributed by atoms with Gasteiger partial charge in [-0.15, -0.1) is 16.8 Å². The van der Waals surface area contributed by atoms with E-state index in [-0.39, 0.29) is 0 Å². The van der Waals surface area contributed by atoms with Crippen LogP contribution in [0.4, 0.5) is 0 Å². The molecule has 26 heavy (non-hydrogen) atoms. The minimum atomic E-state index is 0.464. The van der Waals surface area contributed by atoms with Crippen LogP contribution in [0.2, 0.25) is 0 Å². The van der Waals surface area contributed by atoms with Crippen LogP contribution in [-0.2, 0) is 20.1 Å². The molecule has 1 aromatic heterocycles. The lowest BCUT2D eigenvalue weighted by atomic mass is 10.2. The maximum Gasteiger partial charge on any atom is 0.192 e. The fourth-order valence-corrected chi connectivity index (χ4v) is 2.20. The molecule has 0 aliphatic rings. The molecular formula is C19H26N6O. The van der Waals surface area contributed by atoms with Crippen molar-refractivity contribution in [1.29, 1.82) is 0 Å². The number of nitrogens with one attached hydrogen (secondary N) is 2. The molecule has 0 aliphatic heterocycles. The van der Waals surface area contributed by atoms with E-state index in [0.717, 1.165) is 23.0 Å². The number of rotatable bonds is 9. The number of ether oxygens (including phenoxy) is 1. The van der Waals surface area contributed by atoms with Gasteiger partial charge in [0.05, 0.1) is 13.1 Å². The first kappa shape index (κ1) is 19.2. The van der Waals surface area contributed by atoms with Crippen LogP contribution in [0.3, 0.4) is 0 Å². The highest BCUT2D eigenvalue weighted by molar-refractivity contribution is 5.79. The zero-order valence-corrected chi connectivity index (χ0v) is 15.4. The van der Waals surface area contributed by atoms with Crippen LogP contribution in [-0.4, -0.2) is 33.9 Å². The summed E-state index contributed by atoms with van der Waals surface area (Å²) in [4.78, 5) is 4.64. The normalized spacial score (nSPS) is 11.1. The molecule has 0 fully saturated rings. The smallest absolute Gasteiger partial charge is 0.192 e. The monoisotopic (exact) mass is 354 g/mol. The van der Waals surface area contributed by atoms with Gasteiger partial charge in [0.15, 0.2) is 11.8 Å². The van der Waals surface area contributed by atoms with Crippen molar-refractivity contribution in [3.05, 3.63) is 66.8 Å². The highest BCUT2D eigenvalue weighted by atomic mass is 16.5. The summed E-state index contributed by atoms with van der Waals surface area (Å²) in [5.74, 6) is 3.19. The van der Waals surface area contributed by atoms with Crippen molar-refractivity contribution in [3.63, 3.8) is 0 Å². The maximum atomic E-state index is 5.68. The van der Waals surface area contributed by atoms with Crippen molar-refractivity contribution in [3.8, 4) is 5.75 Å². The van der Waals surface area contributed by atoms with E-state index in [2.05, 4.69) is 39.0 Å². The van der Waals surface area contributed by atoms with Crippen molar-refractivity contribution in [2.75, 3.05) is 13.2 Å². The molecule has 7 heteroatoms. The average Bonchev–Trinajstić information content (AvgIpc) is 2.98. The highest BCUT2D eigenvalue weighted by Crippen LogP contribution is 2.18. The third-order valence-electron chi connectivity index (χ3n) is 3.75. The average molecular weight is 354 g/mol. The molecule has 0 spiro atoms. The van der Waals surface area contributed by atoms with Crippen LogP contribution < -0.4 is 15.4 Å². The van der Waals surface area contributed by atoms with Gasteiger partial charge >= 0.3 is 0 Å². The Morgan fingerprint density at radius 1 is 1.23 bits per heavy atom. The number of aliphatic imine (C=N–C) groups is 1. The molecule has 0 aliphatic carbocycles. The van der Waals surface area contributed by atoms with Gasteiger partial charge in [-0.2, -0.15) is 0 Å². The Bertz CT molecular complexity index is 765. The molecule has 0 saturated carbocycles.